The molecule has 1 rings (SSSR count). The minimum absolute atomic E-state index is 0.0950. The molecule has 4 nitrogen and oxygen atoms in total. The summed E-state index contributed by atoms with van der Waals surface area (Å²) in [6, 6.07) is -0.0950. The third kappa shape index (κ3) is 1.50. The average Bonchev–Trinajstić information content (AvgIpc) is 2.82. The van der Waals surface area contributed by atoms with Crippen LogP contribution in [-0.2, 0) is 14.8 Å². The third-order valence-corrected chi connectivity index (χ3v) is 5.29. The summed E-state index contributed by atoms with van der Waals surface area (Å²) in [6.07, 6.45) is 1.51. The lowest BCUT2D eigenvalue weighted by Gasteiger charge is -2.23. The molecule has 0 aromatic carbocycles. The number of carbonyl (C=O) groups excluding carboxylic acids is 1. The number of carbonyl (C=O) groups is 1. The summed E-state index contributed by atoms with van der Waals surface area (Å²) in [4.78, 5) is 10.7. The van der Waals surface area contributed by atoms with Gasteiger partial charge in [0.25, 0.3) is 0 Å². The number of hydrogen-bond acceptors (Lipinski definition) is 3. The van der Waals surface area contributed by atoms with E-state index < -0.39 is 14.8 Å². The molecule has 76 valence electrons. The van der Waals surface area contributed by atoms with Crippen LogP contribution in [0.15, 0.2) is 0 Å². The molecule has 1 aliphatic carbocycles. The van der Waals surface area contributed by atoms with Gasteiger partial charge in [-0.2, -0.15) is 0 Å². The molecule has 0 bridgehead atoms. The molecule has 13 heavy (non-hydrogen) atoms. The van der Waals surface area contributed by atoms with Crippen molar-refractivity contribution in [1.29, 1.82) is 0 Å². The highest BCUT2D eigenvalue weighted by molar-refractivity contribution is 7.91. The maximum absolute atomic E-state index is 11.8. The Morgan fingerprint density at radius 2 is 1.85 bits per heavy atom. The first-order valence-corrected chi connectivity index (χ1v) is 5.75. The smallest absolute Gasteiger partial charge is 0.226 e. The maximum Gasteiger partial charge on any atom is 0.226 e. The van der Waals surface area contributed by atoms with Gasteiger partial charge in [0.1, 0.15) is 11.0 Å². The summed E-state index contributed by atoms with van der Waals surface area (Å²) in [5, 5.41) is 0. The molecule has 1 aliphatic rings. The fraction of sp³-hybridized carbons (Fsp3) is 0.875. The largest absolute Gasteiger partial charge is 0.302 e. The Balaban J connectivity index is 2.96. The van der Waals surface area contributed by atoms with E-state index in [4.69, 9.17) is 0 Å². The normalized spacial score (nSPS) is 20.7. The van der Waals surface area contributed by atoms with Gasteiger partial charge in [0, 0.05) is 13.1 Å². The van der Waals surface area contributed by atoms with Gasteiger partial charge in [-0.15, -0.1) is 0 Å². The molecule has 0 atom stereocenters. The zero-order chi connectivity index (χ0) is 10.3. The van der Waals surface area contributed by atoms with E-state index in [-0.39, 0.29) is 6.04 Å². The zero-order valence-corrected chi connectivity index (χ0v) is 8.97. The van der Waals surface area contributed by atoms with Gasteiger partial charge in [-0.1, -0.05) is 0 Å². The van der Waals surface area contributed by atoms with Crippen LogP contribution in [0.2, 0.25) is 0 Å². The minimum atomic E-state index is -3.41. The molecular weight excluding hydrogens is 190 g/mol. The molecule has 5 heteroatoms. The molecule has 0 aromatic heterocycles. The van der Waals surface area contributed by atoms with Crippen molar-refractivity contribution < 1.29 is 13.2 Å². The Morgan fingerprint density at radius 1 is 1.38 bits per heavy atom. The Bertz CT molecular complexity index is 303. The van der Waals surface area contributed by atoms with Crippen molar-refractivity contribution in [1.82, 2.24) is 4.31 Å². The van der Waals surface area contributed by atoms with E-state index in [0.717, 1.165) is 0 Å². The monoisotopic (exact) mass is 205 g/mol. The topological polar surface area (TPSA) is 54.5 Å². The molecule has 0 saturated heterocycles. The first-order chi connectivity index (χ1) is 5.87. The number of aldehydes is 1. The van der Waals surface area contributed by atoms with E-state index in [0.29, 0.717) is 19.1 Å². The summed E-state index contributed by atoms with van der Waals surface area (Å²) >= 11 is 0. The predicted molar refractivity (Wildman–Crippen MR) is 49.8 cm³/mol. The van der Waals surface area contributed by atoms with Crippen LogP contribution in [0.1, 0.15) is 26.7 Å². The molecule has 0 aliphatic heterocycles. The van der Waals surface area contributed by atoms with Gasteiger partial charge in [0.2, 0.25) is 10.0 Å². The molecule has 1 fully saturated rings. The van der Waals surface area contributed by atoms with Crippen LogP contribution in [0.3, 0.4) is 0 Å². The van der Waals surface area contributed by atoms with E-state index in [1.54, 1.807) is 13.8 Å². The Morgan fingerprint density at radius 3 is 2.08 bits per heavy atom. The Hall–Kier alpha value is -0.420. The second-order valence-corrected chi connectivity index (χ2v) is 6.14. The average molecular weight is 205 g/mol. The summed E-state index contributed by atoms with van der Waals surface area (Å²) in [5.74, 6) is 0. The fourth-order valence-corrected chi connectivity index (χ4v) is 2.99. The third-order valence-electron chi connectivity index (χ3n) is 2.58. The van der Waals surface area contributed by atoms with Crippen molar-refractivity contribution in [2.24, 2.45) is 0 Å². The maximum atomic E-state index is 11.8. The molecule has 0 unspecified atom stereocenters. The lowest BCUT2D eigenvalue weighted by atomic mass is 10.4. The second kappa shape index (κ2) is 3.06. The predicted octanol–water partition coefficient (Wildman–Crippen LogP) is 0.388. The summed E-state index contributed by atoms with van der Waals surface area (Å²) in [6.45, 7) is 3.58. The van der Waals surface area contributed by atoms with Crippen LogP contribution in [-0.4, -0.2) is 36.8 Å². The van der Waals surface area contributed by atoms with Crippen molar-refractivity contribution in [3.8, 4) is 0 Å². The second-order valence-electron chi connectivity index (χ2n) is 3.80. The van der Waals surface area contributed by atoms with Gasteiger partial charge in [-0.3, -0.25) is 0 Å². The highest BCUT2D eigenvalue weighted by Gasteiger charge is 2.56. The van der Waals surface area contributed by atoms with Crippen LogP contribution in [0.25, 0.3) is 0 Å². The standard InChI is InChI=1S/C8H15NO3S/c1-7(2)9(3)13(11,12)8(6-10)4-5-8/h6-7H,4-5H2,1-3H3. The van der Waals surface area contributed by atoms with Crippen molar-refractivity contribution in [2.45, 2.75) is 37.5 Å². The first kappa shape index (κ1) is 10.7. The van der Waals surface area contributed by atoms with Crippen LogP contribution in [0.4, 0.5) is 0 Å². The lowest BCUT2D eigenvalue weighted by Crippen LogP contribution is -2.42. The van der Waals surface area contributed by atoms with Crippen molar-refractivity contribution >= 4 is 16.3 Å². The van der Waals surface area contributed by atoms with Gasteiger partial charge < -0.3 is 4.79 Å². The highest BCUT2D eigenvalue weighted by atomic mass is 32.2. The molecule has 1 saturated carbocycles. The van der Waals surface area contributed by atoms with Gasteiger partial charge in [-0.25, -0.2) is 12.7 Å². The molecule has 0 heterocycles. The van der Waals surface area contributed by atoms with E-state index in [1.807, 2.05) is 0 Å². The molecule has 0 amide bonds. The van der Waals surface area contributed by atoms with Gasteiger partial charge in [0.15, 0.2) is 0 Å². The summed E-state index contributed by atoms with van der Waals surface area (Å²) < 4.78 is 23.7. The molecule has 0 spiro atoms. The SMILES string of the molecule is CC(C)N(C)S(=O)(=O)C1(C=O)CC1. The van der Waals surface area contributed by atoms with E-state index >= 15 is 0 Å². The highest BCUT2D eigenvalue weighted by Crippen LogP contribution is 2.43. The number of rotatable bonds is 4. The molecule has 0 aromatic rings. The number of hydrogen-bond donors (Lipinski definition) is 0. The lowest BCUT2D eigenvalue weighted by molar-refractivity contribution is -0.108. The number of nitrogens with zero attached hydrogens (tertiary/aromatic N) is 1. The van der Waals surface area contributed by atoms with Gasteiger partial charge in [0.05, 0.1) is 0 Å². The molecular formula is C8H15NO3S. The summed E-state index contributed by atoms with van der Waals surface area (Å²) in [5.41, 5.74) is 0. The molecule has 0 radical (unpaired) electrons. The first-order valence-electron chi connectivity index (χ1n) is 4.31. The van der Waals surface area contributed by atoms with Crippen LogP contribution < -0.4 is 0 Å². The van der Waals surface area contributed by atoms with Crippen molar-refractivity contribution in [2.75, 3.05) is 7.05 Å². The fourth-order valence-electron chi connectivity index (χ4n) is 1.12. The van der Waals surface area contributed by atoms with E-state index in [9.17, 15) is 13.2 Å². The molecule has 0 N–H and O–H groups in total. The Kier molecular flexibility index (Phi) is 2.51. The van der Waals surface area contributed by atoms with Crippen LogP contribution in [0, 0.1) is 0 Å². The quantitative estimate of drug-likeness (QED) is 0.624. The van der Waals surface area contributed by atoms with E-state index in [1.165, 1.54) is 11.4 Å². The van der Waals surface area contributed by atoms with Crippen LogP contribution in [0.5, 0.6) is 0 Å². The zero-order valence-electron chi connectivity index (χ0n) is 8.15. The van der Waals surface area contributed by atoms with Gasteiger partial charge >= 0.3 is 0 Å². The minimum Gasteiger partial charge on any atom is -0.302 e. The van der Waals surface area contributed by atoms with E-state index in [2.05, 4.69) is 0 Å². The summed E-state index contributed by atoms with van der Waals surface area (Å²) in [7, 11) is -1.89. The Labute approximate surface area is 79.0 Å². The van der Waals surface area contributed by atoms with Gasteiger partial charge in [-0.05, 0) is 26.7 Å². The van der Waals surface area contributed by atoms with Crippen LogP contribution >= 0.6 is 0 Å². The van der Waals surface area contributed by atoms with Crippen molar-refractivity contribution in [3.05, 3.63) is 0 Å². The van der Waals surface area contributed by atoms with Crippen molar-refractivity contribution in [3.63, 3.8) is 0 Å². The number of sulfonamides is 1.